The van der Waals surface area contributed by atoms with E-state index in [9.17, 15) is 27.1 Å². The molecule has 0 radical (unpaired) electrons. The Morgan fingerprint density at radius 1 is 1.05 bits per heavy atom. The summed E-state index contributed by atoms with van der Waals surface area (Å²) in [5, 5.41) is 10.6. The molecule has 1 atom stereocenters. The number of hydrogen-bond acceptors (Lipinski definition) is 8. The fraction of sp³-hybridized carbons (Fsp3) is 0.607. The van der Waals surface area contributed by atoms with Crippen molar-refractivity contribution in [2.45, 2.75) is 63.3 Å². The van der Waals surface area contributed by atoms with E-state index in [0.717, 1.165) is 25.9 Å². The molecule has 1 aliphatic carbocycles. The SMILES string of the molecule is Cc1cc(NC(=O)c2ccc(NS(=O)(=O)[C@@H](CO)CF)cc2N2CCC3(CC2)CC3)nc(N2CCC(C)(F)CC2)n1. The number of sulfonamides is 1. The minimum atomic E-state index is -4.18. The Bertz CT molecular complexity index is 1380. The van der Waals surface area contributed by atoms with E-state index in [-0.39, 0.29) is 5.69 Å². The van der Waals surface area contributed by atoms with Crippen molar-refractivity contribution < 1.29 is 27.1 Å². The zero-order valence-electron chi connectivity index (χ0n) is 23.5. The first-order valence-corrected chi connectivity index (χ1v) is 15.7. The van der Waals surface area contributed by atoms with Crippen LogP contribution in [0.4, 0.5) is 31.9 Å². The molecule has 3 fully saturated rings. The van der Waals surface area contributed by atoms with Gasteiger partial charge in [-0.05, 0) is 76.0 Å². The van der Waals surface area contributed by atoms with Gasteiger partial charge in [-0.1, -0.05) is 0 Å². The molecule has 1 aromatic carbocycles. The van der Waals surface area contributed by atoms with Crippen LogP contribution in [0.15, 0.2) is 24.3 Å². The second-order valence-corrected chi connectivity index (χ2v) is 13.8. The molecule has 2 aliphatic heterocycles. The first kappa shape index (κ1) is 29.4. The number of aliphatic hydroxyl groups excluding tert-OH is 1. The number of amides is 1. The number of carbonyl (C=O) groups excluding carboxylic acids is 1. The molecular weight excluding hydrogens is 554 g/mol. The molecule has 224 valence electrons. The summed E-state index contributed by atoms with van der Waals surface area (Å²) >= 11 is 0. The Balaban J connectivity index is 1.40. The van der Waals surface area contributed by atoms with Crippen LogP contribution in [0.3, 0.4) is 0 Å². The third kappa shape index (κ3) is 6.72. The molecule has 3 N–H and O–H groups in total. The summed E-state index contributed by atoms with van der Waals surface area (Å²) in [4.78, 5) is 26.6. The maximum atomic E-state index is 14.3. The lowest BCUT2D eigenvalue weighted by molar-refractivity contribution is 0.102. The quantitative estimate of drug-likeness (QED) is 0.401. The van der Waals surface area contributed by atoms with Gasteiger partial charge in [0.25, 0.3) is 5.91 Å². The number of nitrogens with one attached hydrogen (secondary N) is 2. The molecule has 13 heteroatoms. The molecule has 0 bridgehead atoms. The predicted octanol–water partition coefficient (Wildman–Crippen LogP) is 3.82. The van der Waals surface area contributed by atoms with Crippen LogP contribution in [0.25, 0.3) is 0 Å². The molecule has 5 rings (SSSR count). The van der Waals surface area contributed by atoms with Crippen molar-refractivity contribution in [1.82, 2.24) is 9.97 Å². The van der Waals surface area contributed by atoms with Crippen LogP contribution in [-0.2, 0) is 10.0 Å². The lowest BCUT2D eigenvalue weighted by Gasteiger charge is -2.35. The summed E-state index contributed by atoms with van der Waals surface area (Å²) < 4.78 is 55.1. The fourth-order valence-corrected chi connectivity index (χ4v) is 6.52. The number of nitrogens with zero attached hydrogens (tertiary/aromatic N) is 4. The first-order chi connectivity index (χ1) is 19.4. The number of rotatable bonds is 9. The number of aliphatic hydroxyl groups is 1. The van der Waals surface area contributed by atoms with E-state index in [4.69, 9.17) is 0 Å². The monoisotopic (exact) mass is 592 g/mol. The van der Waals surface area contributed by atoms with Crippen LogP contribution in [0.2, 0.25) is 0 Å². The summed E-state index contributed by atoms with van der Waals surface area (Å²) in [5.74, 6) is 0.320. The van der Waals surface area contributed by atoms with Gasteiger partial charge in [0, 0.05) is 37.9 Å². The van der Waals surface area contributed by atoms with Crippen LogP contribution < -0.4 is 19.8 Å². The van der Waals surface area contributed by atoms with Crippen molar-refractivity contribution >= 4 is 39.1 Å². The van der Waals surface area contributed by atoms with Crippen molar-refractivity contribution in [2.24, 2.45) is 5.41 Å². The fourth-order valence-electron chi connectivity index (χ4n) is 5.54. The molecule has 1 aromatic heterocycles. The molecule has 2 aromatic rings. The first-order valence-electron chi connectivity index (χ1n) is 14.1. The van der Waals surface area contributed by atoms with Crippen LogP contribution >= 0.6 is 0 Å². The molecule has 1 saturated carbocycles. The van der Waals surface area contributed by atoms with Gasteiger partial charge in [-0.2, -0.15) is 4.98 Å². The topological polar surface area (TPSA) is 128 Å². The van der Waals surface area contributed by atoms with E-state index in [1.54, 1.807) is 26.0 Å². The minimum absolute atomic E-state index is 0.181. The van der Waals surface area contributed by atoms with Crippen LogP contribution in [0, 0.1) is 12.3 Å². The van der Waals surface area contributed by atoms with Crippen molar-refractivity contribution in [1.29, 1.82) is 0 Å². The van der Waals surface area contributed by atoms with Crippen molar-refractivity contribution in [2.75, 3.05) is 59.3 Å². The zero-order valence-corrected chi connectivity index (χ0v) is 24.3. The number of aryl methyl sites for hydroxylation is 1. The standard InChI is InChI=1S/C28H38F2N6O4S/c1-19-15-24(33-26(31-19)36-11-7-27(2,30)8-12-36)32-25(38)22-4-3-20(34-41(39,40)21(17-29)18-37)16-23(22)35-13-9-28(5-6-28)10-14-35/h3-4,15-16,21,34,37H,5-14,17-18H2,1-2H3,(H,31,32,33,38)/t21-/m1/s1. The zero-order chi connectivity index (χ0) is 29.4. The van der Waals surface area contributed by atoms with Gasteiger partial charge in [-0.15, -0.1) is 0 Å². The Kier molecular flexibility index (Phi) is 8.12. The van der Waals surface area contributed by atoms with Gasteiger partial charge in [0.1, 0.15) is 23.4 Å². The number of aromatic nitrogens is 2. The van der Waals surface area contributed by atoms with E-state index in [2.05, 4.69) is 24.9 Å². The summed E-state index contributed by atoms with van der Waals surface area (Å²) in [7, 11) is -4.18. The number of halogens is 2. The number of benzene rings is 1. The highest BCUT2D eigenvalue weighted by molar-refractivity contribution is 7.93. The minimum Gasteiger partial charge on any atom is -0.395 e. The largest absolute Gasteiger partial charge is 0.395 e. The predicted molar refractivity (Wildman–Crippen MR) is 155 cm³/mol. The van der Waals surface area contributed by atoms with E-state index < -0.39 is 40.1 Å². The maximum Gasteiger partial charge on any atom is 0.258 e. The molecule has 10 nitrogen and oxygen atoms in total. The van der Waals surface area contributed by atoms with E-state index in [1.165, 1.54) is 25.0 Å². The third-order valence-electron chi connectivity index (χ3n) is 8.61. The van der Waals surface area contributed by atoms with Crippen molar-refractivity contribution in [3.8, 4) is 0 Å². The summed E-state index contributed by atoms with van der Waals surface area (Å²) in [6, 6.07) is 6.24. The van der Waals surface area contributed by atoms with Gasteiger partial charge in [0.05, 0.1) is 23.5 Å². The lowest BCUT2D eigenvalue weighted by atomic mass is 9.93. The second-order valence-electron chi connectivity index (χ2n) is 11.9. The Morgan fingerprint density at radius 3 is 2.32 bits per heavy atom. The van der Waals surface area contributed by atoms with E-state index in [0.29, 0.717) is 60.1 Å². The lowest BCUT2D eigenvalue weighted by Crippen LogP contribution is -2.41. The molecule has 2 saturated heterocycles. The summed E-state index contributed by atoms with van der Waals surface area (Å²) in [6.07, 6.45) is 5.12. The molecule has 3 aliphatic rings. The number of anilines is 4. The van der Waals surface area contributed by atoms with E-state index in [1.807, 2.05) is 4.90 Å². The van der Waals surface area contributed by atoms with Gasteiger partial charge in [0.2, 0.25) is 16.0 Å². The van der Waals surface area contributed by atoms with E-state index >= 15 is 0 Å². The molecule has 3 heterocycles. The smallest absolute Gasteiger partial charge is 0.258 e. The summed E-state index contributed by atoms with van der Waals surface area (Å²) in [6.45, 7) is 3.71. The molecule has 1 spiro atoms. The highest BCUT2D eigenvalue weighted by atomic mass is 32.2. The van der Waals surface area contributed by atoms with Gasteiger partial charge in [-0.3, -0.25) is 9.52 Å². The Morgan fingerprint density at radius 2 is 1.71 bits per heavy atom. The second kappa shape index (κ2) is 11.3. The van der Waals surface area contributed by atoms with Gasteiger partial charge < -0.3 is 20.2 Å². The van der Waals surface area contributed by atoms with Gasteiger partial charge in [0.15, 0.2) is 0 Å². The third-order valence-corrected chi connectivity index (χ3v) is 10.3. The highest BCUT2D eigenvalue weighted by Gasteiger charge is 2.44. The molecule has 1 amide bonds. The molecular formula is C28H38F2N6O4S. The normalized spacial score (nSPS) is 20.5. The van der Waals surface area contributed by atoms with Crippen LogP contribution in [0.5, 0.6) is 0 Å². The van der Waals surface area contributed by atoms with Crippen LogP contribution in [-0.4, -0.2) is 79.8 Å². The number of hydrogen-bond donors (Lipinski definition) is 3. The van der Waals surface area contributed by atoms with Crippen molar-refractivity contribution in [3.05, 3.63) is 35.5 Å². The number of alkyl halides is 2. The number of piperidine rings is 2. The van der Waals surface area contributed by atoms with Crippen LogP contribution in [0.1, 0.15) is 61.5 Å². The average Bonchev–Trinajstić information content (AvgIpc) is 3.67. The highest BCUT2D eigenvalue weighted by Crippen LogP contribution is 2.54. The Labute approximate surface area is 239 Å². The Hall–Kier alpha value is -3.06. The van der Waals surface area contributed by atoms with Gasteiger partial charge >= 0.3 is 0 Å². The average molecular weight is 593 g/mol. The van der Waals surface area contributed by atoms with Crippen molar-refractivity contribution in [3.63, 3.8) is 0 Å². The van der Waals surface area contributed by atoms with Gasteiger partial charge in [-0.25, -0.2) is 22.2 Å². The molecule has 0 unspecified atom stereocenters. The maximum absolute atomic E-state index is 14.3. The summed E-state index contributed by atoms with van der Waals surface area (Å²) in [5.41, 5.74) is 0.903. The molecule has 41 heavy (non-hydrogen) atoms. The number of carbonyl (C=O) groups is 1.